The molecule has 90 valence electrons. The van der Waals surface area contributed by atoms with Crippen molar-refractivity contribution >= 4 is 5.91 Å². The summed E-state index contributed by atoms with van der Waals surface area (Å²) < 4.78 is 0. The van der Waals surface area contributed by atoms with Crippen LogP contribution in [0.1, 0.15) is 47.5 Å². The fourth-order valence-electron chi connectivity index (χ4n) is 1.08. The van der Waals surface area contributed by atoms with E-state index in [1.807, 2.05) is 13.8 Å². The van der Waals surface area contributed by atoms with Crippen molar-refractivity contribution in [3.63, 3.8) is 0 Å². The molecule has 0 rings (SSSR count). The van der Waals surface area contributed by atoms with E-state index in [1.54, 1.807) is 0 Å². The molecule has 0 fully saturated rings. The number of amides is 1. The molecule has 3 nitrogen and oxygen atoms in total. The van der Waals surface area contributed by atoms with Crippen LogP contribution in [0.25, 0.3) is 0 Å². The lowest BCUT2D eigenvalue weighted by Gasteiger charge is -2.25. The summed E-state index contributed by atoms with van der Waals surface area (Å²) in [6, 6.07) is -0.373. The fraction of sp³-hybridized carbons (Fsp3) is 0.917. The molecule has 0 aliphatic carbocycles. The Balaban J connectivity index is 4.04. The Labute approximate surface area is 93.8 Å². The fourth-order valence-corrected chi connectivity index (χ4v) is 1.08. The molecule has 0 saturated heterocycles. The van der Waals surface area contributed by atoms with Crippen molar-refractivity contribution in [3.05, 3.63) is 0 Å². The molecule has 2 atom stereocenters. The van der Waals surface area contributed by atoms with Crippen molar-refractivity contribution in [2.45, 2.75) is 53.5 Å². The Bertz CT molecular complexity index is 202. The average molecular weight is 214 g/mol. The molecular weight excluding hydrogens is 188 g/mol. The Kier molecular flexibility index (Phi) is 5.88. The molecule has 0 spiro atoms. The van der Waals surface area contributed by atoms with E-state index in [0.717, 1.165) is 12.8 Å². The molecule has 3 heteroatoms. The summed E-state index contributed by atoms with van der Waals surface area (Å²) >= 11 is 0. The smallest absolute Gasteiger partial charge is 0.237 e. The van der Waals surface area contributed by atoms with Crippen molar-refractivity contribution in [2.24, 2.45) is 17.1 Å². The van der Waals surface area contributed by atoms with E-state index in [2.05, 4.69) is 26.1 Å². The Morgan fingerprint density at radius 1 is 1.40 bits per heavy atom. The maximum Gasteiger partial charge on any atom is 0.237 e. The molecule has 0 aliphatic heterocycles. The van der Waals surface area contributed by atoms with Crippen molar-refractivity contribution in [1.82, 2.24) is 5.32 Å². The second-order valence-corrected chi connectivity index (χ2v) is 5.15. The topological polar surface area (TPSA) is 55.1 Å². The van der Waals surface area contributed by atoms with Crippen molar-refractivity contribution in [2.75, 3.05) is 6.54 Å². The van der Waals surface area contributed by atoms with Gasteiger partial charge in [-0.1, -0.05) is 41.0 Å². The molecule has 0 radical (unpaired) electrons. The minimum absolute atomic E-state index is 0.0223. The zero-order chi connectivity index (χ0) is 12.1. The van der Waals surface area contributed by atoms with Gasteiger partial charge >= 0.3 is 0 Å². The lowest BCUT2D eigenvalue weighted by Crippen LogP contribution is -2.47. The minimum atomic E-state index is -0.373. The minimum Gasteiger partial charge on any atom is -0.354 e. The number of carbonyl (C=O) groups is 1. The van der Waals surface area contributed by atoms with Crippen LogP contribution in [0.15, 0.2) is 0 Å². The first-order valence-electron chi connectivity index (χ1n) is 5.87. The van der Waals surface area contributed by atoms with Gasteiger partial charge < -0.3 is 11.1 Å². The molecule has 0 bridgehead atoms. The second-order valence-electron chi connectivity index (χ2n) is 5.15. The summed E-state index contributed by atoms with van der Waals surface area (Å²) in [5, 5.41) is 2.92. The first-order chi connectivity index (χ1) is 6.84. The highest BCUT2D eigenvalue weighted by molar-refractivity contribution is 5.81. The number of hydrogen-bond donors (Lipinski definition) is 2. The molecule has 0 aromatic carbocycles. The Hall–Kier alpha value is -0.570. The van der Waals surface area contributed by atoms with E-state index in [9.17, 15) is 4.79 Å². The Morgan fingerprint density at radius 2 is 1.93 bits per heavy atom. The van der Waals surface area contributed by atoms with Crippen LogP contribution < -0.4 is 11.1 Å². The summed E-state index contributed by atoms with van der Waals surface area (Å²) in [6.45, 7) is 11.2. The number of carbonyl (C=O) groups excluding carboxylic acids is 1. The summed E-state index contributed by atoms with van der Waals surface area (Å²) in [6.07, 6.45) is 1.98. The summed E-state index contributed by atoms with van der Waals surface area (Å²) in [5.74, 6) is 0.223. The molecule has 2 unspecified atom stereocenters. The third-order valence-corrected chi connectivity index (χ3v) is 3.26. The van der Waals surface area contributed by atoms with Crippen LogP contribution in [-0.4, -0.2) is 18.5 Å². The highest BCUT2D eigenvalue weighted by Crippen LogP contribution is 2.17. The van der Waals surface area contributed by atoms with Crippen molar-refractivity contribution < 1.29 is 4.79 Å². The van der Waals surface area contributed by atoms with Crippen molar-refractivity contribution in [3.8, 4) is 0 Å². The van der Waals surface area contributed by atoms with E-state index in [0.29, 0.717) is 6.54 Å². The zero-order valence-corrected chi connectivity index (χ0v) is 10.8. The number of hydrogen-bond acceptors (Lipinski definition) is 2. The van der Waals surface area contributed by atoms with Gasteiger partial charge in [-0.25, -0.2) is 0 Å². The monoisotopic (exact) mass is 214 g/mol. The molecule has 0 aromatic heterocycles. The second kappa shape index (κ2) is 6.11. The van der Waals surface area contributed by atoms with Crippen molar-refractivity contribution in [1.29, 1.82) is 0 Å². The number of nitrogens with one attached hydrogen (secondary N) is 1. The van der Waals surface area contributed by atoms with Crippen LogP contribution in [0.4, 0.5) is 0 Å². The SMILES string of the molecule is CCC(C)C(N)C(=O)NCC(C)(C)CC. The predicted molar refractivity (Wildman–Crippen MR) is 64.5 cm³/mol. The van der Waals surface area contributed by atoms with E-state index in [4.69, 9.17) is 5.73 Å². The average Bonchev–Trinajstić information content (AvgIpc) is 2.23. The number of rotatable bonds is 6. The van der Waals surface area contributed by atoms with Crippen LogP contribution >= 0.6 is 0 Å². The molecule has 15 heavy (non-hydrogen) atoms. The third kappa shape index (κ3) is 5.17. The van der Waals surface area contributed by atoms with E-state index in [1.165, 1.54) is 0 Å². The van der Waals surface area contributed by atoms with Gasteiger partial charge in [0, 0.05) is 6.54 Å². The van der Waals surface area contributed by atoms with Gasteiger partial charge in [0.25, 0.3) is 0 Å². The van der Waals surface area contributed by atoms with Crippen LogP contribution in [0.2, 0.25) is 0 Å². The van der Waals surface area contributed by atoms with Gasteiger partial charge in [-0.2, -0.15) is 0 Å². The molecule has 0 saturated carbocycles. The van der Waals surface area contributed by atoms with Gasteiger partial charge in [-0.15, -0.1) is 0 Å². The first-order valence-corrected chi connectivity index (χ1v) is 5.87. The third-order valence-electron chi connectivity index (χ3n) is 3.26. The van der Waals surface area contributed by atoms with E-state index < -0.39 is 0 Å². The summed E-state index contributed by atoms with van der Waals surface area (Å²) in [7, 11) is 0. The summed E-state index contributed by atoms with van der Waals surface area (Å²) in [5.41, 5.74) is 5.99. The predicted octanol–water partition coefficient (Wildman–Crippen LogP) is 1.91. The highest BCUT2D eigenvalue weighted by atomic mass is 16.2. The maximum absolute atomic E-state index is 11.7. The lowest BCUT2D eigenvalue weighted by atomic mass is 9.90. The van der Waals surface area contributed by atoms with Gasteiger partial charge in [0.05, 0.1) is 6.04 Å². The van der Waals surface area contributed by atoms with E-state index >= 15 is 0 Å². The molecule has 0 aromatic rings. The highest BCUT2D eigenvalue weighted by Gasteiger charge is 2.22. The van der Waals surface area contributed by atoms with Crippen LogP contribution in [0, 0.1) is 11.3 Å². The summed E-state index contributed by atoms with van der Waals surface area (Å²) in [4.78, 5) is 11.7. The standard InChI is InChI=1S/C12H26N2O/c1-6-9(3)10(13)11(15)14-8-12(4,5)7-2/h9-10H,6-8,13H2,1-5H3,(H,14,15). The van der Waals surface area contributed by atoms with Gasteiger partial charge in [0.2, 0.25) is 5.91 Å². The molecule has 3 N–H and O–H groups in total. The molecule has 0 heterocycles. The normalized spacial score (nSPS) is 15.9. The van der Waals surface area contributed by atoms with E-state index in [-0.39, 0.29) is 23.3 Å². The van der Waals surface area contributed by atoms with Crippen LogP contribution in [0.3, 0.4) is 0 Å². The maximum atomic E-state index is 11.7. The first kappa shape index (κ1) is 14.4. The Morgan fingerprint density at radius 3 is 2.33 bits per heavy atom. The molecule has 1 amide bonds. The van der Waals surface area contributed by atoms with Gasteiger partial charge in [-0.05, 0) is 17.8 Å². The van der Waals surface area contributed by atoms with Gasteiger partial charge in [-0.3, -0.25) is 4.79 Å². The zero-order valence-electron chi connectivity index (χ0n) is 10.8. The van der Waals surface area contributed by atoms with Crippen LogP contribution in [-0.2, 0) is 4.79 Å². The molecular formula is C12H26N2O. The number of nitrogens with two attached hydrogens (primary N) is 1. The van der Waals surface area contributed by atoms with Gasteiger partial charge in [0.15, 0.2) is 0 Å². The largest absolute Gasteiger partial charge is 0.354 e. The lowest BCUT2D eigenvalue weighted by molar-refractivity contribution is -0.123. The quantitative estimate of drug-likeness (QED) is 0.709. The van der Waals surface area contributed by atoms with Gasteiger partial charge in [0.1, 0.15) is 0 Å². The molecule has 0 aliphatic rings. The van der Waals surface area contributed by atoms with Crippen LogP contribution in [0.5, 0.6) is 0 Å².